The van der Waals surface area contributed by atoms with E-state index < -0.39 is 0 Å². The molecular formula is C12H18. The van der Waals surface area contributed by atoms with Gasteiger partial charge in [-0.25, -0.2) is 0 Å². The van der Waals surface area contributed by atoms with E-state index in [0.29, 0.717) is 5.92 Å². The van der Waals surface area contributed by atoms with Crippen LogP contribution in [0.3, 0.4) is 0 Å². The monoisotopic (exact) mass is 162 g/mol. The van der Waals surface area contributed by atoms with E-state index in [1.165, 1.54) is 22.3 Å². The normalized spacial score (nSPS) is 10.8. The van der Waals surface area contributed by atoms with E-state index in [0.717, 1.165) is 0 Å². The third-order valence-corrected chi connectivity index (χ3v) is 2.72. The van der Waals surface area contributed by atoms with Crippen molar-refractivity contribution in [3.8, 4) is 0 Å². The molecule has 1 aromatic carbocycles. The Bertz CT molecular complexity index is 282. The molecule has 1 aromatic rings. The zero-order chi connectivity index (χ0) is 9.30. The van der Waals surface area contributed by atoms with E-state index >= 15 is 0 Å². The summed E-state index contributed by atoms with van der Waals surface area (Å²) in [5.74, 6) is 0.643. The highest BCUT2D eigenvalue weighted by molar-refractivity contribution is 5.40. The molecule has 0 aliphatic heterocycles. The van der Waals surface area contributed by atoms with Gasteiger partial charge in [0.1, 0.15) is 0 Å². The fraction of sp³-hybridized carbons (Fsp3) is 0.500. The zero-order valence-electron chi connectivity index (χ0n) is 8.73. The lowest BCUT2D eigenvalue weighted by Gasteiger charge is -2.13. The van der Waals surface area contributed by atoms with Gasteiger partial charge in [0.05, 0.1) is 0 Å². The summed E-state index contributed by atoms with van der Waals surface area (Å²) in [6, 6.07) is 4.47. The van der Waals surface area contributed by atoms with E-state index in [1.54, 1.807) is 0 Å². The Morgan fingerprint density at radius 2 is 1.50 bits per heavy atom. The van der Waals surface area contributed by atoms with Crippen LogP contribution in [0.5, 0.6) is 0 Å². The molecule has 0 amide bonds. The molecule has 0 aliphatic rings. The SMILES string of the molecule is Cc1ccc(C(C)C)c(C)c1C. The molecule has 0 aromatic heterocycles. The lowest BCUT2D eigenvalue weighted by molar-refractivity contribution is 0.852. The third-order valence-electron chi connectivity index (χ3n) is 2.72. The second-order valence-electron chi connectivity index (χ2n) is 3.88. The Morgan fingerprint density at radius 1 is 0.917 bits per heavy atom. The molecule has 0 radical (unpaired) electrons. The molecular weight excluding hydrogens is 144 g/mol. The largest absolute Gasteiger partial charge is 0.0588 e. The van der Waals surface area contributed by atoms with E-state index in [-0.39, 0.29) is 0 Å². The standard InChI is InChI=1S/C12H18/c1-8(2)12-7-6-9(3)10(4)11(12)5/h6-8H,1-5H3. The quantitative estimate of drug-likeness (QED) is 0.590. The Hall–Kier alpha value is -0.780. The predicted octanol–water partition coefficient (Wildman–Crippen LogP) is 3.74. The number of aryl methyl sites for hydroxylation is 1. The van der Waals surface area contributed by atoms with Gasteiger partial charge < -0.3 is 0 Å². The minimum Gasteiger partial charge on any atom is -0.0588 e. The molecule has 0 heteroatoms. The van der Waals surface area contributed by atoms with Gasteiger partial charge in [0.25, 0.3) is 0 Å². The van der Waals surface area contributed by atoms with Crippen molar-refractivity contribution in [3.05, 3.63) is 34.4 Å². The van der Waals surface area contributed by atoms with Crippen molar-refractivity contribution in [2.75, 3.05) is 0 Å². The van der Waals surface area contributed by atoms with Crippen LogP contribution in [-0.4, -0.2) is 0 Å². The fourth-order valence-corrected chi connectivity index (χ4v) is 1.60. The van der Waals surface area contributed by atoms with Crippen LogP contribution < -0.4 is 0 Å². The van der Waals surface area contributed by atoms with Crippen LogP contribution >= 0.6 is 0 Å². The second-order valence-corrected chi connectivity index (χ2v) is 3.88. The Kier molecular flexibility index (Phi) is 2.56. The summed E-state index contributed by atoms with van der Waals surface area (Å²) in [4.78, 5) is 0. The van der Waals surface area contributed by atoms with E-state index in [1.807, 2.05) is 0 Å². The molecule has 0 aliphatic carbocycles. The summed E-state index contributed by atoms with van der Waals surface area (Å²) < 4.78 is 0. The molecule has 12 heavy (non-hydrogen) atoms. The maximum Gasteiger partial charge on any atom is -0.0216 e. The molecule has 0 nitrogen and oxygen atoms in total. The van der Waals surface area contributed by atoms with Crippen LogP contribution in [0, 0.1) is 20.8 Å². The van der Waals surface area contributed by atoms with Crippen molar-refractivity contribution in [2.45, 2.75) is 40.5 Å². The predicted molar refractivity (Wildman–Crippen MR) is 54.7 cm³/mol. The first-order valence-corrected chi connectivity index (χ1v) is 4.60. The minimum absolute atomic E-state index is 0.643. The van der Waals surface area contributed by atoms with Crippen molar-refractivity contribution < 1.29 is 0 Å². The molecule has 66 valence electrons. The van der Waals surface area contributed by atoms with Crippen LogP contribution in [0.2, 0.25) is 0 Å². The molecule has 0 saturated carbocycles. The molecule has 1 rings (SSSR count). The molecule has 0 N–H and O–H groups in total. The molecule has 0 saturated heterocycles. The highest BCUT2D eigenvalue weighted by Gasteiger charge is 2.05. The smallest absolute Gasteiger partial charge is 0.0216 e. The van der Waals surface area contributed by atoms with Crippen LogP contribution in [0.1, 0.15) is 42.0 Å². The van der Waals surface area contributed by atoms with E-state index in [4.69, 9.17) is 0 Å². The van der Waals surface area contributed by atoms with Crippen molar-refractivity contribution in [1.82, 2.24) is 0 Å². The average Bonchev–Trinajstić information content (AvgIpc) is 2.00. The number of hydrogen-bond donors (Lipinski definition) is 0. The second kappa shape index (κ2) is 3.30. The average molecular weight is 162 g/mol. The Labute approximate surface area is 75.6 Å². The fourth-order valence-electron chi connectivity index (χ4n) is 1.60. The van der Waals surface area contributed by atoms with Crippen LogP contribution in [0.4, 0.5) is 0 Å². The van der Waals surface area contributed by atoms with Gasteiger partial charge in [0, 0.05) is 0 Å². The molecule has 0 atom stereocenters. The van der Waals surface area contributed by atoms with Crippen LogP contribution in [-0.2, 0) is 0 Å². The van der Waals surface area contributed by atoms with Crippen molar-refractivity contribution in [1.29, 1.82) is 0 Å². The van der Waals surface area contributed by atoms with Crippen molar-refractivity contribution in [2.24, 2.45) is 0 Å². The molecule has 0 unspecified atom stereocenters. The first kappa shape index (κ1) is 9.31. The first-order chi connectivity index (χ1) is 5.54. The molecule has 0 bridgehead atoms. The van der Waals surface area contributed by atoms with Gasteiger partial charge in [0.15, 0.2) is 0 Å². The molecule has 0 fully saturated rings. The van der Waals surface area contributed by atoms with Gasteiger partial charge in [-0.3, -0.25) is 0 Å². The van der Waals surface area contributed by atoms with Crippen molar-refractivity contribution >= 4 is 0 Å². The van der Waals surface area contributed by atoms with Gasteiger partial charge in [-0.1, -0.05) is 26.0 Å². The first-order valence-electron chi connectivity index (χ1n) is 4.60. The topological polar surface area (TPSA) is 0 Å². The summed E-state index contributed by atoms with van der Waals surface area (Å²) in [6.45, 7) is 11.1. The van der Waals surface area contributed by atoms with Crippen molar-refractivity contribution in [3.63, 3.8) is 0 Å². The molecule has 0 spiro atoms. The zero-order valence-corrected chi connectivity index (χ0v) is 8.73. The van der Waals surface area contributed by atoms with Crippen LogP contribution in [0.15, 0.2) is 12.1 Å². The van der Waals surface area contributed by atoms with Gasteiger partial charge in [-0.05, 0) is 48.9 Å². The summed E-state index contributed by atoms with van der Waals surface area (Å²) in [5.41, 5.74) is 5.79. The van der Waals surface area contributed by atoms with Crippen LogP contribution in [0.25, 0.3) is 0 Å². The lowest BCUT2D eigenvalue weighted by atomic mass is 9.92. The van der Waals surface area contributed by atoms with Gasteiger partial charge in [-0.2, -0.15) is 0 Å². The highest BCUT2D eigenvalue weighted by Crippen LogP contribution is 2.23. The maximum absolute atomic E-state index is 2.25. The minimum atomic E-state index is 0.643. The Balaban J connectivity index is 3.27. The number of hydrogen-bond acceptors (Lipinski definition) is 0. The summed E-state index contributed by atoms with van der Waals surface area (Å²) >= 11 is 0. The maximum atomic E-state index is 2.25. The molecule has 0 heterocycles. The summed E-state index contributed by atoms with van der Waals surface area (Å²) in [6.07, 6.45) is 0. The number of benzene rings is 1. The lowest BCUT2D eigenvalue weighted by Crippen LogP contribution is -1.96. The summed E-state index contributed by atoms with van der Waals surface area (Å²) in [7, 11) is 0. The van der Waals surface area contributed by atoms with Gasteiger partial charge in [-0.15, -0.1) is 0 Å². The number of rotatable bonds is 1. The van der Waals surface area contributed by atoms with E-state index in [9.17, 15) is 0 Å². The van der Waals surface area contributed by atoms with Gasteiger partial charge in [0.2, 0.25) is 0 Å². The Morgan fingerprint density at radius 3 is 2.00 bits per heavy atom. The van der Waals surface area contributed by atoms with Gasteiger partial charge >= 0.3 is 0 Å². The van der Waals surface area contributed by atoms with E-state index in [2.05, 4.69) is 46.8 Å². The third kappa shape index (κ3) is 1.52. The highest BCUT2D eigenvalue weighted by atomic mass is 14.1. The summed E-state index contributed by atoms with van der Waals surface area (Å²) in [5, 5.41) is 0.